The summed E-state index contributed by atoms with van der Waals surface area (Å²) in [5.41, 5.74) is 0.153. The largest absolute Gasteiger partial charge is 0.509 e. The minimum atomic E-state index is -0.0767. The lowest BCUT2D eigenvalue weighted by molar-refractivity contribution is 0.311. The van der Waals surface area contributed by atoms with Crippen molar-refractivity contribution in [1.82, 2.24) is 4.90 Å². The standard InChI is InChI=1S/C8H9N3O/c9-4-5-7(12)6-2-1-3-11(6)8(5)10/h6,10,12H,1-3H2/t6-/m0/s1. The van der Waals surface area contributed by atoms with Gasteiger partial charge in [-0.3, -0.25) is 5.41 Å². The van der Waals surface area contributed by atoms with Crippen LogP contribution in [0.15, 0.2) is 11.3 Å². The number of amidine groups is 1. The predicted molar refractivity (Wildman–Crippen MR) is 42.7 cm³/mol. The van der Waals surface area contributed by atoms with Crippen LogP contribution in [-0.4, -0.2) is 28.4 Å². The molecule has 0 radical (unpaired) electrons. The maximum absolute atomic E-state index is 9.50. The lowest BCUT2D eigenvalue weighted by atomic mass is 10.1. The molecule has 4 heteroatoms. The first kappa shape index (κ1) is 7.17. The number of nitrogens with one attached hydrogen (secondary N) is 1. The fraction of sp³-hybridized carbons (Fsp3) is 0.500. The van der Waals surface area contributed by atoms with Crippen LogP contribution in [0.3, 0.4) is 0 Å². The predicted octanol–water partition coefficient (Wildman–Crippen LogP) is 0.777. The summed E-state index contributed by atoms with van der Waals surface area (Å²) in [6.07, 6.45) is 1.86. The molecule has 12 heavy (non-hydrogen) atoms. The summed E-state index contributed by atoms with van der Waals surface area (Å²) in [5.74, 6) is 0.289. The maximum Gasteiger partial charge on any atom is 0.143 e. The van der Waals surface area contributed by atoms with Gasteiger partial charge in [-0.2, -0.15) is 5.26 Å². The zero-order valence-corrected chi connectivity index (χ0v) is 6.54. The summed E-state index contributed by atoms with van der Waals surface area (Å²) in [5, 5.41) is 25.7. The molecule has 0 saturated carbocycles. The van der Waals surface area contributed by atoms with Gasteiger partial charge in [0.1, 0.15) is 23.2 Å². The van der Waals surface area contributed by atoms with Crippen LogP contribution in [0.1, 0.15) is 12.8 Å². The SMILES string of the molecule is N#CC1=C(O)[C@@H]2CCCN2C1=N. The summed E-state index contributed by atoms with van der Waals surface area (Å²) >= 11 is 0. The second-order valence-corrected chi connectivity index (χ2v) is 3.07. The molecule has 1 saturated heterocycles. The lowest BCUT2D eigenvalue weighted by Gasteiger charge is -2.16. The molecule has 2 N–H and O–H groups in total. The molecule has 1 fully saturated rings. The molecule has 1 atom stereocenters. The molecule has 0 aliphatic carbocycles. The van der Waals surface area contributed by atoms with Crippen LogP contribution in [0.4, 0.5) is 0 Å². The number of hydrogen-bond acceptors (Lipinski definition) is 3. The molecule has 0 amide bonds. The van der Waals surface area contributed by atoms with Crippen molar-refractivity contribution in [3.8, 4) is 6.07 Å². The Morgan fingerprint density at radius 3 is 3.00 bits per heavy atom. The zero-order chi connectivity index (χ0) is 8.72. The van der Waals surface area contributed by atoms with Crippen LogP contribution >= 0.6 is 0 Å². The Balaban J connectivity index is 2.42. The van der Waals surface area contributed by atoms with Gasteiger partial charge in [-0.1, -0.05) is 0 Å². The van der Waals surface area contributed by atoms with Crippen LogP contribution in [-0.2, 0) is 0 Å². The Morgan fingerprint density at radius 1 is 1.67 bits per heavy atom. The highest BCUT2D eigenvalue weighted by Crippen LogP contribution is 2.31. The summed E-state index contributed by atoms with van der Waals surface area (Å²) < 4.78 is 0. The molecule has 0 bridgehead atoms. The molecule has 2 heterocycles. The molecule has 4 nitrogen and oxygen atoms in total. The summed E-state index contributed by atoms with van der Waals surface area (Å²) in [6.45, 7) is 0.790. The number of nitriles is 1. The molecule has 2 aliphatic heterocycles. The normalized spacial score (nSPS) is 27.8. The van der Waals surface area contributed by atoms with Crippen molar-refractivity contribution in [2.45, 2.75) is 18.9 Å². The minimum Gasteiger partial charge on any atom is -0.509 e. The third kappa shape index (κ3) is 0.681. The first-order valence-corrected chi connectivity index (χ1v) is 3.94. The Hall–Kier alpha value is -1.50. The highest BCUT2D eigenvalue weighted by atomic mass is 16.3. The van der Waals surface area contributed by atoms with Crippen LogP contribution in [0, 0.1) is 16.7 Å². The van der Waals surface area contributed by atoms with E-state index in [4.69, 9.17) is 10.7 Å². The van der Waals surface area contributed by atoms with Crippen molar-refractivity contribution in [2.24, 2.45) is 0 Å². The molecular formula is C8H9N3O. The van der Waals surface area contributed by atoms with Crippen molar-refractivity contribution in [3.05, 3.63) is 11.3 Å². The number of hydrogen-bond donors (Lipinski definition) is 2. The van der Waals surface area contributed by atoms with E-state index >= 15 is 0 Å². The Labute approximate surface area is 70.2 Å². The highest BCUT2D eigenvalue weighted by Gasteiger charge is 2.39. The number of aliphatic hydroxyl groups is 1. The topological polar surface area (TPSA) is 71.1 Å². The van der Waals surface area contributed by atoms with Crippen LogP contribution in [0.5, 0.6) is 0 Å². The van der Waals surface area contributed by atoms with E-state index in [-0.39, 0.29) is 23.2 Å². The third-order valence-corrected chi connectivity index (χ3v) is 2.46. The first-order chi connectivity index (χ1) is 5.75. The van der Waals surface area contributed by atoms with E-state index in [2.05, 4.69) is 0 Å². The van der Waals surface area contributed by atoms with Gasteiger partial charge in [-0.25, -0.2) is 0 Å². The van der Waals surface area contributed by atoms with Gasteiger partial charge >= 0.3 is 0 Å². The molecule has 2 rings (SSSR count). The van der Waals surface area contributed by atoms with Crippen LogP contribution in [0.2, 0.25) is 0 Å². The van der Waals surface area contributed by atoms with Crippen molar-refractivity contribution < 1.29 is 5.11 Å². The third-order valence-electron chi connectivity index (χ3n) is 2.46. The van der Waals surface area contributed by atoms with Gasteiger partial charge in [-0.15, -0.1) is 0 Å². The highest BCUT2D eigenvalue weighted by molar-refractivity contribution is 6.03. The van der Waals surface area contributed by atoms with Crippen molar-refractivity contribution in [3.63, 3.8) is 0 Å². The molecule has 0 aromatic carbocycles. The average Bonchev–Trinajstić information content (AvgIpc) is 2.58. The van der Waals surface area contributed by atoms with Gasteiger partial charge < -0.3 is 10.0 Å². The first-order valence-electron chi connectivity index (χ1n) is 3.94. The van der Waals surface area contributed by atoms with Gasteiger partial charge in [0.25, 0.3) is 0 Å². The van der Waals surface area contributed by atoms with Crippen molar-refractivity contribution in [2.75, 3.05) is 6.54 Å². The lowest BCUT2D eigenvalue weighted by Crippen LogP contribution is -2.29. The summed E-state index contributed by atoms with van der Waals surface area (Å²) in [7, 11) is 0. The zero-order valence-electron chi connectivity index (χ0n) is 6.54. The fourth-order valence-electron chi connectivity index (χ4n) is 1.86. The van der Waals surface area contributed by atoms with Gasteiger partial charge in [0, 0.05) is 6.54 Å². The molecule has 2 aliphatic rings. The Bertz CT molecular complexity index is 313. The van der Waals surface area contributed by atoms with Crippen LogP contribution in [0.25, 0.3) is 0 Å². The van der Waals surface area contributed by atoms with E-state index in [9.17, 15) is 5.11 Å². The van der Waals surface area contributed by atoms with Crippen LogP contribution < -0.4 is 0 Å². The molecule has 0 unspecified atom stereocenters. The second kappa shape index (κ2) is 2.24. The van der Waals surface area contributed by atoms with E-state index in [0.29, 0.717) is 0 Å². The fourth-order valence-corrected chi connectivity index (χ4v) is 1.86. The van der Waals surface area contributed by atoms with E-state index < -0.39 is 0 Å². The molecular weight excluding hydrogens is 154 g/mol. The number of fused-ring (bicyclic) bond motifs is 1. The Kier molecular flexibility index (Phi) is 1.34. The van der Waals surface area contributed by atoms with E-state index in [1.807, 2.05) is 6.07 Å². The second-order valence-electron chi connectivity index (χ2n) is 3.07. The monoisotopic (exact) mass is 163 g/mol. The summed E-state index contributed by atoms with van der Waals surface area (Å²) in [6, 6.07) is 1.78. The number of aliphatic hydroxyl groups excluding tert-OH is 1. The smallest absolute Gasteiger partial charge is 0.143 e. The minimum absolute atomic E-state index is 0.0767. The quantitative estimate of drug-likeness (QED) is 0.554. The van der Waals surface area contributed by atoms with E-state index in [1.165, 1.54) is 0 Å². The van der Waals surface area contributed by atoms with Gasteiger partial charge in [0.05, 0.1) is 6.04 Å². The van der Waals surface area contributed by atoms with Gasteiger partial charge in [0.2, 0.25) is 0 Å². The molecule has 0 aromatic heterocycles. The number of nitrogens with zero attached hydrogens (tertiary/aromatic N) is 2. The number of rotatable bonds is 0. The molecule has 0 spiro atoms. The molecule has 0 aromatic rings. The average molecular weight is 163 g/mol. The maximum atomic E-state index is 9.50. The Morgan fingerprint density at radius 2 is 2.42 bits per heavy atom. The van der Waals surface area contributed by atoms with Crippen molar-refractivity contribution in [1.29, 1.82) is 10.7 Å². The van der Waals surface area contributed by atoms with E-state index in [1.54, 1.807) is 4.90 Å². The van der Waals surface area contributed by atoms with Gasteiger partial charge in [0.15, 0.2) is 0 Å². The van der Waals surface area contributed by atoms with E-state index in [0.717, 1.165) is 19.4 Å². The van der Waals surface area contributed by atoms with Crippen molar-refractivity contribution >= 4 is 5.84 Å². The summed E-state index contributed by atoms with van der Waals surface area (Å²) in [4.78, 5) is 1.79. The molecule has 62 valence electrons. The van der Waals surface area contributed by atoms with Gasteiger partial charge in [-0.05, 0) is 12.8 Å².